The van der Waals surface area contributed by atoms with Crippen molar-refractivity contribution in [2.45, 2.75) is 51.0 Å². The normalized spacial score (nSPS) is 13.9. The number of hydrogen-bond acceptors (Lipinski definition) is 5. The molecule has 20 heavy (non-hydrogen) atoms. The van der Waals surface area contributed by atoms with Crippen LogP contribution < -0.4 is 20.5 Å². The summed E-state index contributed by atoms with van der Waals surface area (Å²) in [6.07, 6.45) is 0. The average molecular weight is 330 g/mol. The number of carbonyl (C=O) groups is 1. The summed E-state index contributed by atoms with van der Waals surface area (Å²) in [5, 5.41) is 0. The average Bonchev–Trinajstić information content (AvgIpc) is 2.20. The van der Waals surface area contributed by atoms with E-state index in [-0.39, 0.29) is 0 Å². The zero-order valence-corrected chi connectivity index (χ0v) is 14.0. The first-order chi connectivity index (χ1) is 8.60. The van der Waals surface area contributed by atoms with Gasteiger partial charge in [-0.1, -0.05) is 0 Å². The van der Waals surface area contributed by atoms with E-state index in [0.29, 0.717) is 0 Å². The topological polar surface area (TPSA) is 133 Å². The van der Waals surface area contributed by atoms with Crippen LogP contribution in [-0.2, 0) is 20.0 Å². The Labute approximate surface area is 119 Å². The van der Waals surface area contributed by atoms with Crippen molar-refractivity contribution in [3.8, 4) is 0 Å². The number of carbonyl (C=O) groups excluding carboxylic acids is 1. The van der Waals surface area contributed by atoms with Crippen LogP contribution in [0.2, 0.25) is 0 Å². The van der Waals surface area contributed by atoms with Gasteiger partial charge in [0.05, 0.1) is 9.49 Å². The molecule has 0 aliphatic carbocycles. The Kier molecular flexibility index (Phi) is 5.57. The molecular weight excluding hydrogens is 308 g/mol. The maximum atomic E-state index is 11.6. The molecule has 0 aromatic heterocycles. The van der Waals surface area contributed by atoms with Crippen LogP contribution in [0.1, 0.15) is 41.5 Å². The number of urea groups is 1. The molecule has 0 aliphatic heterocycles. The van der Waals surface area contributed by atoms with Gasteiger partial charge in [0, 0.05) is 0 Å². The van der Waals surface area contributed by atoms with Crippen molar-refractivity contribution >= 4 is 26.1 Å². The molecule has 9 nitrogen and oxygen atoms in total. The first-order valence-corrected chi connectivity index (χ1v) is 8.65. The lowest BCUT2D eigenvalue weighted by Gasteiger charge is -2.21. The van der Waals surface area contributed by atoms with Crippen LogP contribution in [0.25, 0.3) is 0 Å². The van der Waals surface area contributed by atoms with Crippen LogP contribution in [0.3, 0.4) is 0 Å². The van der Waals surface area contributed by atoms with Crippen molar-refractivity contribution in [2.24, 2.45) is 0 Å². The summed E-state index contributed by atoms with van der Waals surface area (Å²) in [4.78, 5) is 15.0. The summed E-state index contributed by atoms with van der Waals surface area (Å²) in [5.41, 5.74) is 3.68. The second kappa shape index (κ2) is 5.84. The summed E-state index contributed by atoms with van der Waals surface area (Å²) >= 11 is 0. The highest BCUT2D eigenvalue weighted by Gasteiger charge is 2.31. The van der Waals surface area contributed by atoms with Gasteiger partial charge >= 0.3 is 6.03 Å². The summed E-state index contributed by atoms with van der Waals surface area (Å²) in [6, 6.07) is -1.05. The van der Waals surface area contributed by atoms with Gasteiger partial charge in [-0.05, 0) is 41.5 Å². The molecule has 0 aromatic rings. The van der Waals surface area contributed by atoms with Crippen molar-refractivity contribution < 1.29 is 21.6 Å². The molecule has 0 radical (unpaired) electrons. The summed E-state index contributed by atoms with van der Waals surface area (Å²) in [6.45, 7) is 8.65. The van der Waals surface area contributed by atoms with E-state index in [4.69, 9.17) is 0 Å². The van der Waals surface area contributed by atoms with Crippen molar-refractivity contribution in [1.82, 2.24) is 20.5 Å². The maximum Gasteiger partial charge on any atom is 0.345 e. The Morgan fingerprint density at radius 1 is 0.700 bits per heavy atom. The van der Waals surface area contributed by atoms with Crippen molar-refractivity contribution in [2.75, 3.05) is 0 Å². The lowest BCUT2D eigenvalue weighted by atomic mass is 10.3. The number of amides is 2. The van der Waals surface area contributed by atoms with Crippen LogP contribution in [0, 0.1) is 0 Å². The van der Waals surface area contributed by atoms with Crippen molar-refractivity contribution in [1.29, 1.82) is 0 Å². The fourth-order valence-corrected chi connectivity index (χ4v) is 1.63. The minimum Gasteiger partial charge on any atom is -0.258 e. The molecule has 0 heterocycles. The van der Waals surface area contributed by atoms with Crippen LogP contribution in [0.4, 0.5) is 4.79 Å². The van der Waals surface area contributed by atoms with Gasteiger partial charge in [0.2, 0.25) is 20.0 Å². The first-order valence-electron chi connectivity index (χ1n) is 5.69. The molecule has 0 atom stereocenters. The van der Waals surface area contributed by atoms with E-state index in [1.807, 2.05) is 20.5 Å². The number of hydrogen-bond donors (Lipinski definition) is 4. The smallest absolute Gasteiger partial charge is 0.258 e. The zero-order valence-electron chi connectivity index (χ0n) is 12.4. The molecule has 0 aliphatic rings. The van der Waals surface area contributed by atoms with Gasteiger partial charge < -0.3 is 0 Å². The van der Waals surface area contributed by atoms with E-state index in [1.54, 1.807) is 0 Å². The van der Waals surface area contributed by atoms with Gasteiger partial charge in [-0.15, -0.1) is 9.66 Å². The Bertz CT molecular complexity index is 504. The largest absolute Gasteiger partial charge is 0.345 e. The quantitative estimate of drug-likeness (QED) is 0.518. The molecule has 0 saturated heterocycles. The first kappa shape index (κ1) is 19.1. The Morgan fingerprint density at radius 3 is 1.15 bits per heavy atom. The number of nitrogens with one attached hydrogen (secondary N) is 4. The third-order valence-electron chi connectivity index (χ3n) is 2.21. The van der Waals surface area contributed by atoms with E-state index in [1.165, 1.54) is 41.5 Å². The molecular formula is C9H22N4O5S2. The Balaban J connectivity index is 4.50. The molecule has 0 unspecified atom stereocenters. The van der Waals surface area contributed by atoms with Gasteiger partial charge in [0.15, 0.2) is 0 Å². The van der Waals surface area contributed by atoms with Crippen molar-refractivity contribution in [3.05, 3.63) is 0 Å². The Hall–Kier alpha value is -0.910. The summed E-state index contributed by atoms with van der Waals surface area (Å²) in [5.74, 6) is 0. The predicted molar refractivity (Wildman–Crippen MR) is 75.3 cm³/mol. The van der Waals surface area contributed by atoms with E-state index >= 15 is 0 Å². The van der Waals surface area contributed by atoms with Crippen LogP contribution in [0.15, 0.2) is 0 Å². The molecule has 11 heteroatoms. The molecule has 4 N–H and O–H groups in total. The number of rotatable bonds is 4. The number of hydrazine groups is 2. The molecule has 0 rings (SSSR count). The second-order valence-corrected chi connectivity index (χ2v) is 10.9. The molecule has 0 fully saturated rings. The molecule has 0 saturated carbocycles. The molecule has 2 amide bonds. The molecule has 0 spiro atoms. The van der Waals surface area contributed by atoms with Gasteiger partial charge in [-0.3, -0.25) is 10.9 Å². The lowest BCUT2D eigenvalue weighted by molar-refractivity contribution is 0.237. The maximum absolute atomic E-state index is 11.6. The minimum atomic E-state index is -3.77. The van der Waals surface area contributed by atoms with E-state index in [0.717, 1.165) is 0 Å². The van der Waals surface area contributed by atoms with E-state index < -0.39 is 35.6 Å². The standard InChI is InChI=1S/C9H22N4O5S2/c1-8(2,3)19(15,16)12-10-7(14)11-13-20(17,18)9(4,5)6/h12-13H,1-6H3,(H2,10,11,14). The highest BCUT2D eigenvalue weighted by molar-refractivity contribution is 7.91. The van der Waals surface area contributed by atoms with Crippen LogP contribution >= 0.6 is 0 Å². The van der Waals surface area contributed by atoms with E-state index in [2.05, 4.69) is 0 Å². The molecule has 0 bridgehead atoms. The van der Waals surface area contributed by atoms with Gasteiger partial charge in [-0.25, -0.2) is 21.6 Å². The monoisotopic (exact) mass is 330 g/mol. The number of sulfonamides is 2. The van der Waals surface area contributed by atoms with E-state index in [9.17, 15) is 21.6 Å². The molecule has 0 aromatic carbocycles. The lowest BCUT2D eigenvalue weighted by Crippen LogP contribution is -2.56. The Morgan fingerprint density at radius 2 is 0.950 bits per heavy atom. The summed E-state index contributed by atoms with van der Waals surface area (Å²) < 4.78 is 44.3. The SMILES string of the molecule is CC(C)(C)S(=O)(=O)NNC(=O)NNS(=O)(=O)C(C)(C)C. The predicted octanol–water partition coefficient (Wildman–Crippen LogP) is -0.449. The zero-order chi connectivity index (χ0) is 16.4. The highest BCUT2D eigenvalue weighted by Crippen LogP contribution is 2.12. The molecule has 120 valence electrons. The third-order valence-corrected chi connectivity index (χ3v) is 6.18. The van der Waals surface area contributed by atoms with Gasteiger partial charge in [0.25, 0.3) is 0 Å². The summed E-state index contributed by atoms with van der Waals surface area (Å²) in [7, 11) is -7.55. The van der Waals surface area contributed by atoms with Gasteiger partial charge in [-0.2, -0.15) is 0 Å². The van der Waals surface area contributed by atoms with Crippen LogP contribution in [-0.4, -0.2) is 32.4 Å². The minimum absolute atomic E-state index is 1.05. The fraction of sp³-hybridized carbons (Fsp3) is 0.889. The third kappa shape index (κ3) is 5.23. The second-order valence-electron chi connectivity index (χ2n) is 6.01. The highest BCUT2D eigenvalue weighted by atomic mass is 32.2. The van der Waals surface area contributed by atoms with Crippen molar-refractivity contribution in [3.63, 3.8) is 0 Å². The van der Waals surface area contributed by atoms with Gasteiger partial charge in [0.1, 0.15) is 0 Å². The van der Waals surface area contributed by atoms with Crippen LogP contribution in [0.5, 0.6) is 0 Å². The fourth-order valence-electron chi connectivity index (χ4n) is 0.564.